The van der Waals surface area contributed by atoms with E-state index in [0.29, 0.717) is 5.56 Å². The summed E-state index contributed by atoms with van der Waals surface area (Å²) in [5, 5.41) is 4.36. The number of fused-ring (bicyclic) bond motifs is 1. The smallest absolute Gasteiger partial charge is 0.155 e. The molecule has 0 bridgehead atoms. The molecule has 4 heteroatoms. The fourth-order valence-corrected chi connectivity index (χ4v) is 2.85. The van der Waals surface area contributed by atoms with Crippen LogP contribution in [0.4, 0.5) is 5.82 Å². The number of carbonyl (C=O) groups is 1. The third kappa shape index (κ3) is 1.93. The fraction of sp³-hybridized carbons (Fsp3) is 0.333. The molecule has 1 aromatic carbocycles. The number of anilines is 1. The van der Waals surface area contributed by atoms with Gasteiger partial charge in [0.15, 0.2) is 6.29 Å². The number of nitrogens with zero attached hydrogens (tertiary/aromatic N) is 3. The van der Waals surface area contributed by atoms with Gasteiger partial charge in [-0.15, -0.1) is 0 Å². The number of aryl methyl sites for hydroxylation is 2. The van der Waals surface area contributed by atoms with Crippen LogP contribution in [-0.4, -0.2) is 22.6 Å². The Kier molecular flexibility index (Phi) is 2.85. The monoisotopic (exact) mass is 255 g/mol. The molecule has 19 heavy (non-hydrogen) atoms. The lowest BCUT2D eigenvalue weighted by molar-refractivity contribution is 0.112. The molecule has 0 radical (unpaired) electrons. The molecule has 4 nitrogen and oxygen atoms in total. The van der Waals surface area contributed by atoms with Crippen molar-refractivity contribution in [2.24, 2.45) is 7.05 Å². The second kappa shape index (κ2) is 4.53. The maximum absolute atomic E-state index is 11.3. The molecule has 1 aliphatic heterocycles. The van der Waals surface area contributed by atoms with Crippen LogP contribution >= 0.6 is 0 Å². The minimum atomic E-state index is 0.710. The zero-order valence-electron chi connectivity index (χ0n) is 11.3. The normalized spacial score (nSPS) is 14.3. The molecule has 98 valence electrons. The summed E-state index contributed by atoms with van der Waals surface area (Å²) in [6, 6.07) is 8.49. The molecule has 2 heterocycles. The highest BCUT2D eigenvalue weighted by Gasteiger charge is 2.22. The van der Waals surface area contributed by atoms with Gasteiger partial charge in [0.05, 0.1) is 11.3 Å². The highest BCUT2D eigenvalue weighted by atomic mass is 16.1. The third-order valence-electron chi connectivity index (χ3n) is 3.79. The second-order valence-corrected chi connectivity index (χ2v) is 5.00. The van der Waals surface area contributed by atoms with E-state index in [2.05, 4.69) is 34.3 Å². The molecule has 0 spiro atoms. The van der Waals surface area contributed by atoms with E-state index < -0.39 is 0 Å². The minimum Gasteiger partial charge on any atom is -0.352 e. The zero-order chi connectivity index (χ0) is 13.4. The molecule has 0 fully saturated rings. The van der Waals surface area contributed by atoms with E-state index in [1.807, 2.05) is 18.7 Å². The summed E-state index contributed by atoms with van der Waals surface area (Å²) >= 11 is 0. The summed E-state index contributed by atoms with van der Waals surface area (Å²) in [6.45, 7) is 3.65. The summed E-state index contributed by atoms with van der Waals surface area (Å²) in [4.78, 5) is 13.5. The van der Waals surface area contributed by atoms with Crippen LogP contribution in [-0.2, 0) is 20.0 Å². The molecule has 3 rings (SSSR count). The van der Waals surface area contributed by atoms with E-state index in [0.717, 1.165) is 37.3 Å². The Balaban J connectivity index is 2.00. The molecule has 0 aliphatic carbocycles. The number of benzene rings is 1. The highest BCUT2D eigenvalue weighted by molar-refractivity contribution is 5.84. The average Bonchev–Trinajstić information content (AvgIpc) is 2.72. The van der Waals surface area contributed by atoms with Crippen LogP contribution in [0.25, 0.3) is 0 Å². The highest BCUT2D eigenvalue weighted by Crippen LogP contribution is 2.27. The predicted octanol–water partition coefficient (Wildman–Crippen LogP) is 2.10. The van der Waals surface area contributed by atoms with E-state index in [9.17, 15) is 4.79 Å². The maximum Gasteiger partial charge on any atom is 0.155 e. The third-order valence-corrected chi connectivity index (χ3v) is 3.79. The van der Waals surface area contributed by atoms with Crippen LogP contribution < -0.4 is 4.90 Å². The largest absolute Gasteiger partial charge is 0.352 e. The number of hydrogen-bond acceptors (Lipinski definition) is 3. The summed E-state index contributed by atoms with van der Waals surface area (Å²) < 4.78 is 1.81. The Bertz CT molecular complexity index is 630. The quantitative estimate of drug-likeness (QED) is 0.771. The van der Waals surface area contributed by atoms with Crippen LogP contribution in [0, 0.1) is 6.92 Å². The van der Waals surface area contributed by atoms with Crippen molar-refractivity contribution in [3.63, 3.8) is 0 Å². The number of aromatic nitrogens is 2. The van der Waals surface area contributed by atoms with Crippen LogP contribution in [0.15, 0.2) is 24.3 Å². The number of rotatable bonds is 2. The summed E-state index contributed by atoms with van der Waals surface area (Å²) in [5.74, 6) is 0.932. The zero-order valence-corrected chi connectivity index (χ0v) is 11.3. The van der Waals surface area contributed by atoms with Crippen LogP contribution in [0.2, 0.25) is 0 Å². The maximum atomic E-state index is 11.3. The molecule has 1 aliphatic rings. The lowest BCUT2D eigenvalue weighted by Crippen LogP contribution is -2.32. The Morgan fingerprint density at radius 3 is 2.74 bits per heavy atom. The van der Waals surface area contributed by atoms with Crippen molar-refractivity contribution >= 4 is 12.1 Å². The number of carbonyl (C=O) groups excluding carboxylic acids is 1. The fourth-order valence-electron chi connectivity index (χ4n) is 2.85. The average molecular weight is 255 g/mol. The molecule has 2 aromatic rings. The van der Waals surface area contributed by atoms with Gasteiger partial charge in [0, 0.05) is 20.1 Å². The Morgan fingerprint density at radius 2 is 2.00 bits per heavy atom. The van der Waals surface area contributed by atoms with Gasteiger partial charge in [0.2, 0.25) is 0 Å². The van der Waals surface area contributed by atoms with Crippen LogP contribution in [0.5, 0.6) is 0 Å². The first kappa shape index (κ1) is 12.0. The standard InChI is InChI=1S/C15H17N3O/c1-11-14(10-19)15(17(2)16-11)18-8-7-12-5-3-4-6-13(12)9-18/h3-6,10H,7-9H2,1-2H3. The van der Waals surface area contributed by atoms with E-state index in [1.165, 1.54) is 11.1 Å². The van der Waals surface area contributed by atoms with Gasteiger partial charge in [0.1, 0.15) is 5.82 Å². The van der Waals surface area contributed by atoms with Crippen molar-refractivity contribution in [2.45, 2.75) is 19.9 Å². The van der Waals surface area contributed by atoms with Crippen LogP contribution in [0.1, 0.15) is 27.2 Å². The molecule has 0 N–H and O–H groups in total. The number of aldehydes is 1. The van der Waals surface area contributed by atoms with Gasteiger partial charge in [-0.3, -0.25) is 9.48 Å². The Hall–Kier alpha value is -2.10. The lowest BCUT2D eigenvalue weighted by Gasteiger charge is -2.30. The van der Waals surface area contributed by atoms with Crippen molar-refractivity contribution in [2.75, 3.05) is 11.4 Å². The summed E-state index contributed by atoms with van der Waals surface area (Å²) in [6.07, 6.45) is 1.93. The molecule has 0 amide bonds. The molecular weight excluding hydrogens is 238 g/mol. The van der Waals surface area contributed by atoms with Crippen molar-refractivity contribution in [3.8, 4) is 0 Å². The SMILES string of the molecule is Cc1nn(C)c(N2CCc3ccccc3C2)c1C=O. The van der Waals surface area contributed by atoms with E-state index in [4.69, 9.17) is 0 Å². The van der Waals surface area contributed by atoms with Gasteiger partial charge < -0.3 is 4.90 Å². The van der Waals surface area contributed by atoms with Crippen molar-refractivity contribution in [1.29, 1.82) is 0 Å². The van der Waals surface area contributed by atoms with Gasteiger partial charge in [-0.1, -0.05) is 24.3 Å². The van der Waals surface area contributed by atoms with Gasteiger partial charge in [-0.25, -0.2) is 0 Å². The lowest BCUT2D eigenvalue weighted by atomic mass is 10.00. The Morgan fingerprint density at radius 1 is 1.26 bits per heavy atom. The van der Waals surface area contributed by atoms with Gasteiger partial charge in [-0.05, 0) is 24.5 Å². The van der Waals surface area contributed by atoms with E-state index >= 15 is 0 Å². The molecule has 0 unspecified atom stereocenters. The topological polar surface area (TPSA) is 38.1 Å². The second-order valence-electron chi connectivity index (χ2n) is 5.00. The van der Waals surface area contributed by atoms with Gasteiger partial charge >= 0.3 is 0 Å². The number of hydrogen-bond donors (Lipinski definition) is 0. The molecule has 0 atom stereocenters. The predicted molar refractivity (Wildman–Crippen MR) is 74.5 cm³/mol. The Labute approximate surface area is 112 Å². The molecule has 1 aromatic heterocycles. The first-order valence-electron chi connectivity index (χ1n) is 6.51. The van der Waals surface area contributed by atoms with E-state index in [-0.39, 0.29) is 0 Å². The van der Waals surface area contributed by atoms with Gasteiger partial charge in [0.25, 0.3) is 0 Å². The first-order valence-corrected chi connectivity index (χ1v) is 6.51. The van der Waals surface area contributed by atoms with Crippen molar-refractivity contribution in [1.82, 2.24) is 9.78 Å². The molecule has 0 saturated carbocycles. The molecular formula is C15H17N3O. The van der Waals surface area contributed by atoms with Gasteiger partial charge in [-0.2, -0.15) is 5.10 Å². The van der Waals surface area contributed by atoms with E-state index in [1.54, 1.807) is 0 Å². The summed E-state index contributed by atoms with van der Waals surface area (Å²) in [7, 11) is 1.90. The first-order chi connectivity index (χ1) is 9.20. The van der Waals surface area contributed by atoms with Crippen molar-refractivity contribution in [3.05, 3.63) is 46.6 Å². The van der Waals surface area contributed by atoms with Crippen molar-refractivity contribution < 1.29 is 4.79 Å². The summed E-state index contributed by atoms with van der Waals surface area (Å²) in [5.41, 5.74) is 4.25. The molecule has 0 saturated heterocycles. The van der Waals surface area contributed by atoms with Crippen LogP contribution in [0.3, 0.4) is 0 Å². The minimum absolute atomic E-state index is 0.710.